The molecular weight excluding hydrogens is 245 g/mol. The Morgan fingerprint density at radius 2 is 2.00 bits per heavy atom. The molecule has 1 aromatic rings. The second kappa shape index (κ2) is 4.92. The van der Waals surface area contributed by atoms with Crippen molar-refractivity contribution in [2.45, 2.75) is 12.8 Å². The summed E-state index contributed by atoms with van der Waals surface area (Å²) in [6.45, 7) is 1.94. The van der Waals surface area contributed by atoms with Crippen LogP contribution in [0.1, 0.15) is 12.0 Å². The molecule has 1 saturated heterocycles. The average Bonchev–Trinajstić information content (AvgIpc) is 2.73. The second-order valence-corrected chi connectivity index (χ2v) is 5.28. The van der Waals surface area contributed by atoms with E-state index in [1.165, 1.54) is 0 Å². The van der Waals surface area contributed by atoms with Gasteiger partial charge in [0, 0.05) is 22.0 Å². The van der Waals surface area contributed by atoms with E-state index in [4.69, 9.17) is 23.2 Å². The molecule has 2 rings (SSSR count). The topological polar surface area (TPSA) is 32.3 Å². The Kier molecular flexibility index (Phi) is 3.75. The van der Waals surface area contributed by atoms with Gasteiger partial charge in [0.1, 0.15) is 0 Å². The monoisotopic (exact) mass is 259 g/mol. The van der Waals surface area contributed by atoms with Crippen LogP contribution in [0.3, 0.4) is 0 Å². The summed E-state index contributed by atoms with van der Waals surface area (Å²) in [4.78, 5) is 0. The van der Waals surface area contributed by atoms with Crippen LogP contribution in [0.2, 0.25) is 10.0 Å². The molecule has 1 heterocycles. The van der Waals surface area contributed by atoms with Crippen LogP contribution in [0.4, 0.5) is 0 Å². The van der Waals surface area contributed by atoms with Gasteiger partial charge in [0.25, 0.3) is 0 Å². The first-order chi connectivity index (χ1) is 7.67. The fourth-order valence-electron chi connectivity index (χ4n) is 2.21. The normalized spacial score (nSPS) is 24.9. The molecule has 0 amide bonds. The highest BCUT2D eigenvalue weighted by atomic mass is 35.5. The van der Waals surface area contributed by atoms with Crippen molar-refractivity contribution in [1.29, 1.82) is 0 Å². The summed E-state index contributed by atoms with van der Waals surface area (Å²) in [5.41, 5.74) is 0.845. The first-order valence-electron chi connectivity index (χ1n) is 5.41. The van der Waals surface area contributed by atoms with Crippen LogP contribution >= 0.6 is 23.2 Å². The Hall–Kier alpha value is -0.280. The summed E-state index contributed by atoms with van der Waals surface area (Å²) in [7, 11) is 0. The van der Waals surface area contributed by atoms with E-state index in [1.807, 2.05) is 18.2 Å². The number of nitrogens with one attached hydrogen (secondary N) is 1. The van der Waals surface area contributed by atoms with Gasteiger partial charge in [-0.05, 0) is 37.1 Å². The fourth-order valence-corrected chi connectivity index (χ4v) is 2.74. The Labute approximate surface area is 106 Å². The van der Waals surface area contributed by atoms with E-state index < -0.39 is 0 Å². The molecule has 1 atom stereocenters. The molecule has 0 saturated carbocycles. The summed E-state index contributed by atoms with van der Waals surface area (Å²) < 4.78 is 0. The molecule has 1 unspecified atom stereocenters. The number of hydrogen-bond donors (Lipinski definition) is 2. The maximum Gasteiger partial charge on any atom is 0.0503 e. The molecule has 16 heavy (non-hydrogen) atoms. The van der Waals surface area contributed by atoms with Crippen molar-refractivity contribution in [2.24, 2.45) is 5.41 Å². The van der Waals surface area contributed by atoms with Gasteiger partial charge in [0.2, 0.25) is 0 Å². The molecule has 0 aromatic heterocycles. The third-order valence-corrected chi connectivity index (χ3v) is 3.99. The molecule has 1 aromatic carbocycles. The summed E-state index contributed by atoms with van der Waals surface area (Å²) in [5, 5.41) is 14.2. The van der Waals surface area contributed by atoms with Gasteiger partial charge in [0.05, 0.1) is 6.61 Å². The van der Waals surface area contributed by atoms with E-state index in [1.54, 1.807) is 0 Å². The zero-order valence-corrected chi connectivity index (χ0v) is 10.5. The van der Waals surface area contributed by atoms with E-state index in [0.717, 1.165) is 31.5 Å². The van der Waals surface area contributed by atoms with Crippen LogP contribution in [0.25, 0.3) is 0 Å². The fraction of sp³-hybridized carbons (Fsp3) is 0.500. The van der Waals surface area contributed by atoms with Gasteiger partial charge in [-0.15, -0.1) is 0 Å². The zero-order valence-electron chi connectivity index (χ0n) is 8.97. The first-order valence-corrected chi connectivity index (χ1v) is 6.17. The lowest BCUT2D eigenvalue weighted by Crippen LogP contribution is -2.30. The number of halogens is 2. The third kappa shape index (κ3) is 2.35. The van der Waals surface area contributed by atoms with E-state index in [0.29, 0.717) is 10.0 Å². The lowest BCUT2D eigenvalue weighted by molar-refractivity contribution is 0.143. The zero-order chi connectivity index (χ0) is 11.6. The van der Waals surface area contributed by atoms with Crippen molar-refractivity contribution < 1.29 is 5.11 Å². The molecule has 4 heteroatoms. The van der Waals surface area contributed by atoms with Crippen LogP contribution < -0.4 is 5.32 Å². The molecule has 88 valence electrons. The molecule has 1 fully saturated rings. The average molecular weight is 260 g/mol. The van der Waals surface area contributed by atoms with Crippen molar-refractivity contribution >= 4 is 23.2 Å². The van der Waals surface area contributed by atoms with Crippen LogP contribution in [-0.2, 0) is 6.42 Å². The third-order valence-electron chi connectivity index (χ3n) is 3.28. The number of aliphatic hydroxyl groups is 1. The van der Waals surface area contributed by atoms with E-state index in [9.17, 15) is 5.11 Å². The lowest BCUT2D eigenvalue weighted by atomic mass is 9.81. The predicted molar refractivity (Wildman–Crippen MR) is 67.2 cm³/mol. The van der Waals surface area contributed by atoms with Crippen LogP contribution in [0.5, 0.6) is 0 Å². The van der Waals surface area contributed by atoms with Crippen molar-refractivity contribution in [3.63, 3.8) is 0 Å². The number of aliphatic hydroxyl groups excluding tert-OH is 1. The van der Waals surface area contributed by atoms with E-state index >= 15 is 0 Å². The molecule has 1 aliphatic rings. The van der Waals surface area contributed by atoms with Gasteiger partial charge in [0.15, 0.2) is 0 Å². The molecule has 2 N–H and O–H groups in total. The SMILES string of the molecule is OCC1(Cc2c(Cl)cccc2Cl)CCNC1. The Balaban J connectivity index is 2.25. The molecular formula is C12H15Cl2NO. The number of benzene rings is 1. The van der Waals surface area contributed by atoms with Crippen LogP contribution in [0, 0.1) is 5.41 Å². The summed E-state index contributed by atoms with van der Waals surface area (Å²) in [6.07, 6.45) is 1.69. The van der Waals surface area contributed by atoms with Crippen LogP contribution in [0.15, 0.2) is 18.2 Å². The van der Waals surface area contributed by atoms with Gasteiger partial charge < -0.3 is 10.4 Å². The Morgan fingerprint density at radius 3 is 2.50 bits per heavy atom. The highest BCUT2D eigenvalue weighted by molar-refractivity contribution is 6.36. The summed E-state index contributed by atoms with van der Waals surface area (Å²) in [5.74, 6) is 0. The molecule has 0 bridgehead atoms. The van der Waals surface area contributed by atoms with Crippen molar-refractivity contribution in [3.05, 3.63) is 33.8 Å². The van der Waals surface area contributed by atoms with Crippen molar-refractivity contribution in [2.75, 3.05) is 19.7 Å². The van der Waals surface area contributed by atoms with Gasteiger partial charge in [-0.3, -0.25) is 0 Å². The predicted octanol–water partition coefficient (Wildman–Crippen LogP) is 2.51. The molecule has 0 aliphatic carbocycles. The van der Waals surface area contributed by atoms with Gasteiger partial charge in [-0.2, -0.15) is 0 Å². The maximum atomic E-state index is 9.53. The highest BCUT2D eigenvalue weighted by Gasteiger charge is 2.34. The second-order valence-electron chi connectivity index (χ2n) is 4.46. The van der Waals surface area contributed by atoms with Gasteiger partial charge in [-0.25, -0.2) is 0 Å². The van der Waals surface area contributed by atoms with Gasteiger partial charge >= 0.3 is 0 Å². The van der Waals surface area contributed by atoms with E-state index in [2.05, 4.69) is 5.32 Å². The minimum Gasteiger partial charge on any atom is -0.396 e. The quantitative estimate of drug-likeness (QED) is 0.875. The standard InChI is InChI=1S/C12H15Cl2NO/c13-10-2-1-3-11(14)9(10)6-12(8-16)4-5-15-7-12/h1-3,15-16H,4-8H2. The number of hydrogen-bond acceptors (Lipinski definition) is 2. The van der Waals surface area contributed by atoms with Gasteiger partial charge in [-0.1, -0.05) is 29.3 Å². The summed E-state index contributed by atoms with van der Waals surface area (Å²) >= 11 is 12.3. The lowest BCUT2D eigenvalue weighted by Gasteiger charge is -2.26. The smallest absolute Gasteiger partial charge is 0.0503 e. The minimum atomic E-state index is -0.103. The molecule has 1 aliphatic heterocycles. The summed E-state index contributed by atoms with van der Waals surface area (Å²) in [6, 6.07) is 5.53. The first kappa shape index (κ1) is 12.2. The Bertz CT molecular complexity index is 355. The highest BCUT2D eigenvalue weighted by Crippen LogP contribution is 2.35. The maximum absolute atomic E-state index is 9.53. The molecule has 0 spiro atoms. The molecule has 2 nitrogen and oxygen atoms in total. The Morgan fingerprint density at radius 1 is 1.31 bits per heavy atom. The van der Waals surface area contributed by atoms with Crippen molar-refractivity contribution in [3.8, 4) is 0 Å². The van der Waals surface area contributed by atoms with Crippen molar-refractivity contribution in [1.82, 2.24) is 5.32 Å². The largest absolute Gasteiger partial charge is 0.396 e. The molecule has 0 radical (unpaired) electrons. The number of rotatable bonds is 3. The van der Waals surface area contributed by atoms with Crippen LogP contribution in [-0.4, -0.2) is 24.8 Å². The van der Waals surface area contributed by atoms with E-state index in [-0.39, 0.29) is 12.0 Å². The minimum absolute atomic E-state index is 0.103.